The minimum absolute atomic E-state index is 0.0417. The highest BCUT2D eigenvalue weighted by atomic mass is 16.5. The highest BCUT2D eigenvalue weighted by Gasteiger charge is 2.06. The molecule has 1 aromatic rings. The lowest BCUT2D eigenvalue weighted by Gasteiger charge is -2.13. The van der Waals surface area contributed by atoms with Crippen molar-refractivity contribution in [2.24, 2.45) is 0 Å². The fourth-order valence-corrected chi connectivity index (χ4v) is 1.16. The van der Waals surface area contributed by atoms with Gasteiger partial charge in [-0.2, -0.15) is 0 Å². The van der Waals surface area contributed by atoms with E-state index in [-0.39, 0.29) is 19.3 Å². The zero-order valence-electron chi connectivity index (χ0n) is 8.10. The van der Waals surface area contributed by atoms with Gasteiger partial charge in [0.15, 0.2) is 0 Å². The van der Waals surface area contributed by atoms with E-state index in [9.17, 15) is 0 Å². The Morgan fingerprint density at radius 2 is 1.86 bits per heavy atom. The predicted molar refractivity (Wildman–Crippen MR) is 53.8 cm³/mol. The topological polar surface area (TPSA) is 49.7 Å². The van der Waals surface area contributed by atoms with E-state index >= 15 is 0 Å². The van der Waals surface area contributed by atoms with Crippen molar-refractivity contribution >= 4 is 0 Å². The van der Waals surface area contributed by atoms with Crippen LogP contribution in [0.5, 0.6) is 0 Å². The van der Waals surface area contributed by atoms with E-state index in [1.54, 1.807) is 0 Å². The Kier molecular flexibility index (Phi) is 5.22. The van der Waals surface area contributed by atoms with Crippen LogP contribution in [0.25, 0.3) is 0 Å². The van der Waals surface area contributed by atoms with Gasteiger partial charge in [0.2, 0.25) is 0 Å². The molecule has 78 valence electrons. The molecule has 14 heavy (non-hydrogen) atoms. The number of benzene rings is 1. The van der Waals surface area contributed by atoms with E-state index in [1.807, 2.05) is 30.3 Å². The normalized spacial score (nSPS) is 12.7. The molecule has 0 heterocycles. The molecule has 0 saturated carbocycles. The highest BCUT2D eigenvalue weighted by Crippen LogP contribution is 2.05. The number of aliphatic hydroxyl groups is 2. The molecule has 0 aromatic heterocycles. The maximum absolute atomic E-state index is 8.90. The first-order valence-electron chi connectivity index (χ1n) is 4.74. The molecule has 0 saturated heterocycles. The summed E-state index contributed by atoms with van der Waals surface area (Å²) in [5.41, 5.74) is 1.07. The number of ether oxygens (including phenoxy) is 1. The summed E-state index contributed by atoms with van der Waals surface area (Å²) in [4.78, 5) is 0. The van der Waals surface area contributed by atoms with Gasteiger partial charge in [-0.1, -0.05) is 30.3 Å². The number of hydrogen-bond acceptors (Lipinski definition) is 3. The lowest BCUT2D eigenvalue weighted by Crippen LogP contribution is -2.18. The molecule has 0 fully saturated rings. The Bertz CT molecular complexity index is 236. The van der Waals surface area contributed by atoms with Crippen LogP contribution in [0.2, 0.25) is 0 Å². The van der Waals surface area contributed by atoms with Crippen molar-refractivity contribution in [3.63, 3.8) is 0 Å². The second kappa shape index (κ2) is 6.54. The quantitative estimate of drug-likeness (QED) is 0.712. The van der Waals surface area contributed by atoms with Crippen molar-refractivity contribution in [2.45, 2.75) is 19.1 Å². The Balaban J connectivity index is 2.32. The largest absolute Gasteiger partial charge is 0.396 e. The van der Waals surface area contributed by atoms with Crippen LogP contribution in [0.4, 0.5) is 0 Å². The van der Waals surface area contributed by atoms with Crippen LogP contribution in [0, 0.1) is 0 Å². The third-order valence-electron chi connectivity index (χ3n) is 1.98. The van der Waals surface area contributed by atoms with Gasteiger partial charge in [-0.15, -0.1) is 0 Å². The second-order valence-electron chi connectivity index (χ2n) is 3.11. The van der Waals surface area contributed by atoms with Crippen LogP contribution in [-0.2, 0) is 11.3 Å². The molecule has 0 aliphatic carbocycles. The molecule has 0 aliphatic heterocycles. The van der Waals surface area contributed by atoms with Gasteiger partial charge in [0.1, 0.15) is 0 Å². The van der Waals surface area contributed by atoms with Crippen LogP contribution in [0.3, 0.4) is 0 Å². The first-order chi connectivity index (χ1) is 6.86. The molecule has 0 radical (unpaired) electrons. The Hall–Kier alpha value is -0.900. The summed E-state index contributed by atoms with van der Waals surface area (Å²) in [6, 6.07) is 9.76. The van der Waals surface area contributed by atoms with Crippen molar-refractivity contribution in [3.05, 3.63) is 35.9 Å². The molecule has 1 atom stereocenters. The van der Waals surface area contributed by atoms with Crippen LogP contribution in [0.1, 0.15) is 12.0 Å². The number of rotatable bonds is 6. The van der Waals surface area contributed by atoms with Gasteiger partial charge in [0.25, 0.3) is 0 Å². The predicted octanol–water partition coefficient (Wildman–Crippen LogP) is 0.946. The number of aliphatic hydroxyl groups excluding tert-OH is 2. The molecule has 2 N–H and O–H groups in total. The Labute approximate surface area is 84.0 Å². The van der Waals surface area contributed by atoms with Gasteiger partial charge in [-0.3, -0.25) is 0 Å². The minimum atomic E-state index is -0.264. The second-order valence-corrected chi connectivity index (χ2v) is 3.11. The molecule has 0 unspecified atom stereocenters. The van der Waals surface area contributed by atoms with Crippen LogP contribution >= 0.6 is 0 Å². The minimum Gasteiger partial charge on any atom is -0.396 e. The van der Waals surface area contributed by atoms with Crippen LogP contribution in [0.15, 0.2) is 30.3 Å². The van der Waals surface area contributed by atoms with Crippen molar-refractivity contribution in [1.82, 2.24) is 0 Å². The van der Waals surface area contributed by atoms with E-state index in [1.165, 1.54) is 0 Å². The Morgan fingerprint density at radius 3 is 2.43 bits per heavy atom. The van der Waals surface area contributed by atoms with Crippen molar-refractivity contribution in [3.8, 4) is 0 Å². The monoisotopic (exact) mass is 196 g/mol. The van der Waals surface area contributed by atoms with Gasteiger partial charge in [0.05, 0.1) is 19.3 Å². The molecule has 0 bridgehead atoms. The van der Waals surface area contributed by atoms with Gasteiger partial charge >= 0.3 is 0 Å². The summed E-state index contributed by atoms with van der Waals surface area (Å²) in [5.74, 6) is 0. The highest BCUT2D eigenvalue weighted by molar-refractivity contribution is 5.13. The molecule has 1 rings (SSSR count). The summed E-state index contributed by atoms with van der Waals surface area (Å²) in [5, 5.41) is 17.6. The summed E-state index contributed by atoms with van der Waals surface area (Å²) >= 11 is 0. The molecular weight excluding hydrogens is 180 g/mol. The first-order valence-corrected chi connectivity index (χ1v) is 4.74. The molecule has 0 spiro atoms. The SMILES string of the molecule is OCC[C@@H](CO)OCc1ccccc1. The molecule has 0 aliphatic rings. The first kappa shape index (κ1) is 11.2. The van der Waals surface area contributed by atoms with E-state index in [0.29, 0.717) is 13.0 Å². The van der Waals surface area contributed by atoms with Crippen molar-refractivity contribution in [1.29, 1.82) is 0 Å². The maximum atomic E-state index is 8.90. The molecule has 1 aromatic carbocycles. The zero-order chi connectivity index (χ0) is 10.2. The smallest absolute Gasteiger partial charge is 0.0832 e. The van der Waals surface area contributed by atoms with E-state index in [0.717, 1.165) is 5.56 Å². The average Bonchev–Trinajstić information content (AvgIpc) is 2.25. The lowest BCUT2D eigenvalue weighted by molar-refractivity contribution is -0.0104. The van der Waals surface area contributed by atoms with Crippen LogP contribution < -0.4 is 0 Å². The molecular formula is C11H16O3. The summed E-state index contributed by atoms with van der Waals surface area (Å²) in [6.45, 7) is 0.472. The van der Waals surface area contributed by atoms with E-state index in [2.05, 4.69) is 0 Å². The average molecular weight is 196 g/mol. The fourth-order valence-electron chi connectivity index (χ4n) is 1.16. The third-order valence-corrected chi connectivity index (χ3v) is 1.98. The third kappa shape index (κ3) is 3.87. The van der Waals surface area contributed by atoms with Crippen molar-refractivity contribution < 1.29 is 14.9 Å². The number of hydrogen-bond donors (Lipinski definition) is 2. The van der Waals surface area contributed by atoms with Gasteiger partial charge in [0, 0.05) is 6.61 Å². The summed E-state index contributed by atoms with van der Waals surface area (Å²) in [6.07, 6.45) is 0.212. The fraction of sp³-hybridized carbons (Fsp3) is 0.455. The Morgan fingerprint density at radius 1 is 1.14 bits per heavy atom. The standard InChI is InChI=1S/C11H16O3/c12-7-6-11(8-13)14-9-10-4-2-1-3-5-10/h1-5,11-13H,6-9H2/t11-/m0/s1. The van der Waals surface area contributed by atoms with Crippen molar-refractivity contribution in [2.75, 3.05) is 13.2 Å². The molecule has 3 heteroatoms. The summed E-state index contributed by atoms with van der Waals surface area (Å²) < 4.78 is 5.41. The van der Waals surface area contributed by atoms with Crippen LogP contribution in [-0.4, -0.2) is 29.5 Å². The molecule has 0 amide bonds. The van der Waals surface area contributed by atoms with Gasteiger partial charge in [-0.05, 0) is 12.0 Å². The van der Waals surface area contributed by atoms with E-state index in [4.69, 9.17) is 14.9 Å². The lowest BCUT2D eigenvalue weighted by atomic mass is 10.2. The van der Waals surface area contributed by atoms with E-state index < -0.39 is 0 Å². The zero-order valence-corrected chi connectivity index (χ0v) is 8.10. The maximum Gasteiger partial charge on any atom is 0.0832 e. The summed E-state index contributed by atoms with van der Waals surface area (Å²) in [7, 11) is 0. The van der Waals surface area contributed by atoms with Gasteiger partial charge < -0.3 is 14.9 Å². The van der Waals surface area contributed by atoms with Gasteiger partial charge in [-0.25, -0.2) is 0 Å². The molecule has 3 nitrogen and oxygen atoms in total.